The van der Waals surface area contributed by atoms with Crippen LogP contribution < -0.4 is 0 Å². The molecule has 0 amide bonds. The predicted molar refractivity (Wildman–Crippen MR) is 71.5 cm³/mol. The number of carboxylic acids is 1. The van der Waals surface area contributed by atoms with Crippen molar-refractivity contribution in [2.45, 2.75) is 25.7 Å². The summed E-state index contributed by atoms with van der Waals surface area (Å²) in [5.41, 5.74) is 1.06. The lowest BCUT2D eigenvalue weighted by molar-refractivity contribution is -0.137. The fraction of sp³-hybridized carbons (Fsp3) is 0.533. The smallest absolute Gasteiger partial charge is 0.304 e. The molecule has 0 aromatic heterocycles. The number of likely N-dealkylation sites (tertiary alicyclic amines) is 1. The highest BCUT2D eigenvalue weighted by Crippen LogP contribution is 2.22. The SMILES string of the molecule is O=C(O)CCN1CCC(Cc2cccc(F)c2)CC1. The van der Waals surface area contributed by atoms with Crippen molar-refractivity contribution in [2.75, 3.05) is 19.6 Å². The molecule has 1 N–H and O–H groups in total. The molecule has 0 saturated carbocycles. The van der Waals surface area contributed by atoms with Crippen LogP contribution in [0.2, 0.25) is 0 Å². The first-order chi connectivity index (χ1) is 9.13. The summed E-state index contributed by atoms with van der Waals surface area (Å²) in [7, 11) is 0. The lowest BCUT2D eigenvalue weighted by atomic mass is 9.90. The topological polar surface area (TPSA) is 40.5 Å². The number of aliphatic carboxylic acids is 1. The van der Waals surface area contributed by atoms with E-state index in [1.54, 1.807) is 12.1 Å². The average Bonchev–Trinajstić information content (AvgIpc) is 2.38. The van der Waals surface area contributed by atoms with Gasteiger partial charge in [0, 0.05) is 6.54 Å². The van der Waals surface area contributed by atoms with E-state index >= 15 is 0 Å². The van der Waals surface area contributed by atoms with E-state index in [1.165, 1.54) is 6.07 Å². The van der Waals surface area contributed by atoms with Crippen LogP contribution in [0.1, 0.15) is 24.8 Å². The van der Waals surface area contributed by atoms with E-state index in [4.69, 9.17) is 5.11 Å². The van der Waals surface area contributed by atoms with E-state index in [0.29, 0.717) is 12.5 Å². The minimum atomic E-state index is -0.734. The number of benzene rings is 1. The average molecular weight is 265 g/mol. The normalized spacial score (nSPS) is 17.5. The molecule has 0 bridgehead atoms. The summed E-state index contributed by atoms with van der Waals surface area (Å²) < 4.78 is 13.1. The number of piperidine rings is 1. The molecule has 1 heterocycles. The Morgan fingerprint density at radius 1 is 1.37 bits per heavy atom. The highest BCUT2D eigenvalue weighted by atomic mass is 19.1. The minimum absolute atomic E-state index is 0.170. The van der Waals surface area contributed by atoms with Crippen LogP contribution in [0, 0.1) is 11.7 Å². The standard InChI is InChI=1S/C15H20FNO2/c16-14-3-1-2-13(11-14)10-12-4-7-17(8-5-12)9-6-15(18)19/h1-3,11-12H,4-10H2,(H,18,19). The van der Waals surface area contributed by atoms with Gasteiger partial charge in [-0.2, -0.15) is 0 Å². The summed E-state index contributed by atoms with van der Waals surface area (Å²) in [6.07, 6.45) is 3.27. The highest BCUT2D eigenvalue weighted by molar-refractivity contribution is 5.66. The maximum atomic E-state index is 13.1. The maximum Gasteiger partial charge on any atom is 0.304 e. The third-order valence-electron chi connectivity index (χ3n) is 3.76. The molecule has 0 spiro atoms. The molecule has 0 radical (unpaired) electrons. The summed E-state index contributed by atoms with van der Waals surface area (Å²) in [6, 6.07) is 6.81. The van der Waals surface area contributed by atoms with Crippen LogP contribution in [0.25, 0.3) is 0 Å². The van der Waals surface area contributed by atoms with Gasteiger partial charge in [-0.3, -0.25) is 4.79 Å². The summed E-state index contributed by atoms with van der Waals surface area (Å²) in [6.45, 7) is 2.54. The van der Waals surface area contributed by atoms with Gasteiger partial charge in [-0.25, -0.2) is 4.39 Å². The molecule has 1 fully saturated rings. The summed E-state index contributed by atoms with van der Waals surface area (Å²) in [5.74, 6) is -0.318. The van der Waals surface area contributed by atoms with Gasteiger partial charge in [0.15, 0.2) is 0 Å². The molecule has 0 unspecified atom stereocenters. The van der Waals surface area contributed by atoms with Gasteiger partial charge in [0.2, 0.25) is 0 Å². The zero-order valence-electron chi connectivity index (χ0n) is 11.0. The number of halogens is 1. The van der Waals surface area contributed by atoms with Crippen LogP contribution in [0.15, 0.2) is 24.3 Å². The van der Waals surface area contributed by atoms with Crippen LogP contribution in [-0.4, -0.2) is 35.6 Å². The molecule has 1 aromatic rings. The van der Waals surface area contributed by atoms with Gasteiger partial charge >= 0.3 is 5.97 Å². The van der Waals surface area contributed by atoms with Crippen molar-refractivity contribution in [2.24, 2.45) is 5.92 Å². The van der Waals surface area contributed by atoms with Crippen molar-refractivity contribution in [1.82, 2.24) is 4.90 Å². The molecule has 1 aliphatic heterocycles. The number of rotatable bonds is 5. The van der Waals surface area contributed by atoms with Crippen molar-refractivity contribution in [3.05, 3.63) is 35.6 Å². The largest absolute Gasteiger partial charge is 0.481 e. The molecule has 19 heavy (non-hydrogen) atoms. The Bertz CT molecular complexity index is 428. The second-order valence-corrected chi connectivity index (χ2v) is 5.26. The molecule has 2 rings (SSSR count). The summed E-state index contributed by atoms with van der Waals surface area (Å²) in [4.78, 5) is 12.7. The maximum absolute atomic E-state index is 13.1. The zero-order valence-corrected chi connectivity index (χ0v) is 11.0. The van der Waals surface area contributed by atoms with Gasteiger partial charge in [-0.15, -0.1) is 0 Å². The van der Waals surface area contributed by atoms with Crippen LogP contribution in [0.5, 0.6) is 0 Å². The third kappa shape index (κ3) is 4.63. The second kappa shape index (κ2) is 6.66. The number of carbonyl (C=O) groups is 1. The first-order valence-corrected chi connectivity index (χ1v) is 6.82. The molecule has 1 aromatic carbocycles. The predicted octanol–water partition coefficient (Wildman–Crippen LogP) is 2.55. The van der Waals surface area contributed by atoms with E-state index in [2.05, 4.69) is 4.90 Å². The van der Waals surface area contributed by atoms with E-state index in [-0.39, 0.29) is 12.2 Å². The quantitative estimate of drug-likeness (QED) is 0.889. The van der Waals surface area contributed by atoms with Gasteiger partial charge < -0.3 is 10.0 Å². The van der Waals surface area contributed by atoms with Crippen molar-refractivity contribution in [1.29, 1.82) is 0 Å². The summed E-state index contributed by atoms with van der Waals surface area (Å²) in [5, 5.41) is 8.65. The van der Waals surface area contributed by atoms with Gasteiger partial charge in [0.1, 0.15) is 5.82 Å². The molecular weight excluding hydrogens is 245 g/mol. The monoisotopic (exact) mass is 265 g/mol. The molecule has 1 aliphatic rings. The number of carboxylic acid groups (broad SMARTS) is 1. The van der Waals surface area contributed by atoms with Crippen molar-refractivity contribution < 1.29 is 14.3 Å². The molecule has 3 nitrogen and oxygen atoms in total. The number of hydrogen-bond donors (Lipinski definition) is 1. The fourth-order valence-corrected chi connectivity index (χ4v) is 2.67. The fourth-order valence-electron chi connectivity index (χ4n) is 2.67. The summed E-state index contributed by atoms with van der Waals surface area (Å²) >= 11 is 0. The Balaban J connectivity index is 1.75. The van der Waals surface area contributed by atoms with Crippen LogP contribution in [-0.2, 0) is 11.2 Å². The molecule has 0 atom stereocenters. The van der Waals surface area contributed by atoms with E-state index in [0.717, 1.165) is 37.9 Å². The highest BCUT2D eigenvalue weighted by Gasteiger charge is 2.19. The Labute approximate surface area is 113 Å². The van der Waals surface area contributed by atoms with Crippen LogP contribution in [0.3, 0.4) is 0 Å². The van der Waals surface area contributed by atoms with Crippen LogP contribution in [0.4, 0.5) is 4.39 Å². The van der Waals surface area contributed by atoms with Crippen LogP contribution >= 0.6 is 0 Å². The van der Waals surface area contributed by atoms with E-state index in [1.807, 2.05) is 6.07 Å². The Kier molecular flexibility index (Phi) is 4.91. The number of nitrogens with zero attached hydrogens (tertiary/aromatic N) is 1. The van der Waals surface area contributed by atoms with Gasteiger partial charge in [0.25, 0.3) is 0 Å². The molecular formula is C15H20FNO2. The first-order valence-electron chi connectivity index (χ1n) is 6.82. The Morgan fingerprint density at radius 2 is 2.11 bits per heavy atom. The third-order valence-corrected chi connectivity index (χ3v) is 3.76. The lowest BCUT2D eigenvalue weighted by Gasteiger charge is -2.31. The molecule has 0 aliphatic carbocycles. The zero-order chi connectivity index (χ0) is 13.7. The lowest BCUT2D eigenvalue weighted by Crippen LogP contribution is -2.35. The van der Waals surface area contributed by atoms with Crippen molar-refractivity contribution in [3.63, 3.8) is 0 Å². The second-order valence-electron chi connectivity index (χ2n) is 5.26. The van der Waals surface area contributed by atoms with E-state index < -0.39 is 5.97 Å². The van der Waals surface area contributed by atoms with Gasteiger partial charge in [-0.05, 0) is 56.0 Å². The minimum Gasteiger partial charge on any atom is -0.481 e. The Hall–Kier alpha value is -1.42. The van der Waals surface area contributed by atoms with Gasteiger partial charge in [-0.1, -0.05) is 12.1 Å². The first kappa shape index (κ1) is 14.0. The molecule has 4 heteroatoms. The van der Waals surface area contributed by atoms with E-state index in [9.17, 15) is 9.18 Å². The molecule has 104 valence electrons. The Morgan fingerprint density at radius 3 is 2.74 bits per heavy atom. The molecule has 1 saturated heterocycles. The number of hydrogen-bond acceptors (Lipinski definition) is 2. The van der Waals surface area contributed by atoms with Crippen molar-refractivity contribution >= 4 is 5.97 Å². The van der Waals surface area contributed by atoms with Gasteiger partial charge in [0.05, 0.1) is 6.42 Å². The van der Waals surface area contributed by atoms with Crippen molar-refractivity contribution in [3.8, 4) is 0 Å².